The van der Waals surface area contributed by atoms with Gasteiger partial charge in [0.15, 0.2) is 0 Å². The monoisotopic (exact) mass is 336 g/mol. The molecule has 0 unspecified atom stereocenters. The number of thiocarbonyl (C=S) groups is 1. The molecule has 2 rings (SSSR count). The Morgan fingerprint density at radius 2 is 2.00 bits per heavy atom. The van der Waals surface area contributed by atoms with Crippen molar-refractivity contribution in [2.24, 2.45) is 5.92 Å². The van der Waals surface area contributed by atoms with Crippen LogP contribution in [0.1, 0.15) is 30.9 Å². The molecule has 0 aliphatic carbocycles. The number of hydrogen-bond acceptors (Lipinski definition) is 3. The summed E-state index contributed by atoms with van der Waals surface area (Å²) in [5.74, 6) is 1.16. The zero-order valence-electron chi connectivity index (χ0n) is 13.5. The first-order chi connectivity index (χ1) is 10.5. The van der Waals surface area contributed by atoms with Crippen molar-refractivity contribution >= 4 is 39.9 Å². The van der Waals surface area contributed by atoms with E-state index in [0.29, 0.717) is 5.75 Å². The first kappa shape index (κ1) is 17.3. The smallest absolute Gasteiger partial charge is 0.234 e. The number of nitrogens with one attached hydrogen (secondary N) is 1. The number of nitrogens with zero attached hydrogens (tertiary/aromatic N) is 1. The second kappa shape index (κ2) is 7.97. The predicted octanol–water partition coefficient (Wildman–Crippen LogP) is 3.99. The summed E-state index contributed by atoms with van der Waals surface area (Å²) in [6.07, 6.45) is 2.38. The molecule has 22 heavy (non-hydrogen) atoms. The normalized spacial score (nSPS) is 15.7. The van der Waals surface area contributed by atoms with Gasteiger partial charge in [0.1, 0.15) is 4.32 Å². The third-order valence-electron chi connectivity index (χ3n) is 4.16. The van der Waals surface area contributed by atoms with Gasteiger partial charge in [-0.3, -0.25) is 4.79 Å². The van der Waals surface area contributed by atoms with Gasteiger partial charge in [0.25, 0.3) is 0 Å². The highest BCUT2D eigenvalue weighted by atomic mass is 32.2. The molecule has 1 aliphatic rings. The summed E-state index contributed by atoms with van der Waals surface area (Å²) in [5, 5.41) is 2.94. The first-order valence-corrected chi connectivity index (χ1v) is 9.14. The highest BCUT2D eigenvalue weighted by molar-refractivity contribution is 8.23. The van der Waals surface area contributed by atoms with Gasteiger partial charge in [-0.05, 0) is 55.9 Å². The molecule has 1 N–H and O–H groups in total. The Morgan fingerprint density at radius 1 is 1.32 bits per heavy atom. The van der Waals surface area contributed by atoms with Crippen molar-refractivity contribution in [2.75, 3.05) is 24.2 Å². The fourth-order valence-electron chi connectivity index (χ4n) is 2.43. The van der Waals surface area contributed by atoms with Gasteiger partial charge in [0, 0.05) is 18.8 Å². The van der Waals surface area contributed by atoms with E-state index < -0.39 is 0 Å². The van der Waals surface area contributed by atoms with Gasteiger partial charge in [0.2, 0.25) is 5.91 Å². The summed E-state index contributed by atoms with van der Waals surface area (Å²) in [6.45, 7) is 8.43. The van der Waals surface area contributed by atoms with E-state index in [-0.39, 0.29) is 5.91 Å². The molecule has 0 radical (unpaired) electrons. The summed E-state index contributed by atoms with van der Waals surface area (Å²) in [7, 11) is 0. The van der Waals surface area contributed by atoms with Crippen LogP contribution in [0.2, 0.25) is 0 Å². The maximum absolute atomic E-state index is 12.0. The molecule has 0 saturated carbocycles. The molecule has 0 aromatic heterocycles. The van der Waals surface area contributed by atoms with Crippen LogP contribution in [0.25, 0.3) is 0 Å². The van der Waals surface area contributed by atoms with Gasteiger partial charge in [-0.1, -0.05) is 37.0 Å². The zero-order chi connectivity index (χ0) is 16.1. The van der Waals surface area contributed by atoms with Crippen LogP contribution in [0.15, 0.2) is 18.2 Å². The quantitative estimate of drug-likeness (QED) is 0.846. The van der Waals surface area contributed by atoms with E-state index in [1.165, 1.54) is 35.7 Å². The Hall–Kier alpha value is -1.07. The first-order valence-electron chi connectivity index (χ1n) is 7.74. The summed E-state index contributed by atoms with van der Waals surface area (Å²) < 4.78 is 0.849. The molecule has 1 aromatic rings. The lowest BCUT2D eigenvalue weighted by Gasteiger charge is -2.31. The molecule has 1 aromatic carbocycles. The SMILES string of the molecule is Cc1ccc(NC(=O)CSC(=S)N2CCC(C)CC2)cc1C. The number of carbonyl (C=O) groups excluding carboxylic acids is 1. The number of amides is 1. The number of anilines is 1. The molecule has 120 valence electrons. The Kier molecular flexibility index (Phi) is 6.26. The molecule has 1 amide bonds. The number of piperidine rings is 1. The molecule has 0 bridgehead atoms. The van der Waals surface area contributed by atoms with Crippen LogP contribution < -0.4 is 5.32 Å². The fraction of sp³-hybridized carbons (Fsp3) is 0.529. The zero-order valence-corrected chi connectivity index (χ0v) is 15.1. The minimum absolute atomic E-state index is 0.000908. The van der Waals surface area contributed by atoms with Crippen molar-refractivity contribution < 1.29 is 4.79 Å². The Bertz CT molecular complexity index is 552. The van der Waals surface area contributed by atoms with Gasteiger partial charge in [-0.2, -0.15) is 0 Å². The third kappa shape index (κ3) is 4.99. The average molecular weight is 337 g/mol. The summed E-state index contributed by atoms with van der Waals surface area (Å²) in [4.78, 5) is 14.3. The molecule has 3 nitrogen and oxygen atoms in total. The van der Waals surface area contributed by atoms with Gasteiger partial charge in [-0.25, -0.2) is 0 Å². The lowest BCUT2D eigenvalue weighted by Crippen LogP contribution is -2.36. The van der Waals surface area contributed by atoms with Crippen molar-refractivity contribution in [1.82, 2.24) is 4.90 Å². The summed E-state index contributed by atoms with van der Waals surface area (Å²) in [6, 6.07) is 5.97. The molecule has 5 heteroatoms. The average Bonchev–Trinajstić information content (AvgIpc) is 2.49. The Morgan fingerprint density at radius 3 is 2.64 bits per heavy atom. The van der Waals surface area contributed by atoms with Crippen LogP contribution in [-0.4, -0.2) is 34.0 Å². The summed E-state index contributed by atoms with van der Waals surface area (Å²) in [5.41, 5.74) is 3.27. The van der Waals surface area contributed by atoms with Gasteiger partial charge >= 0.3 is 0 Å². The number of benzene rings is 1. The topological polar surface area (TPSA) is 32.3 Å². The van der Waals surface area contributed by atoms with E-state index >= 15 is 0 Å². The van der Waals surface area contributed by atoms with E-state index in [4.69, 9.17) is 12.2 Å². The lowest BCUT2D eigenvalue weighted by atomic mass is 10.00. The molecule has 1 fully saturated rings. The second-order valence-electron chi connectivity index (χ2n) is 6.07. The van der Waals surface area contributed by atoms with Crippen molar-refractivity contribution in [3.8, 4) is 0 Å². The number of aryl methyl sites for hydroxylation is 2. The van der Waals surface area contributed by atoms with Crippen LogP contribution in [0.5, 0.6) is 0 Å². The van der Waals surface area contributed by atoms with Crippen LogP contribution in [-0.2, 0) is 4.79 Å². The van der Waals surface area contributed by atoms with Crippen LogP contribution >= 0.6 is 24.0 Å². The van der Waals surface area contributed by atoms with E-state index in [9.17, 15) is 4.79 Å². The van der Waals surface area contributed by atoms with E-state index in [0.717, 1.165) is 29.0 Å². The largest absolute Gasteiger partial charge is 0.357 e. The highest BCUT2D eigenvalue weighted by Gasteiger charge is 2.18. The Labute approximate surface area is 142 Å². The molecule has 1 heterocycles. The van der Waals surface area contributed by atoms with Gasteiger partial charge in [0.05, 0.1) is 5.75 Å². The van der Waals surface area contributed by atoms with Crippen molar-refractivity contribution in [2.45, 2.75) is 33.6 Å². The number of hydrogen-bond donors (Lipinski definition) is 1. The second-order valence-corrected chi connectivity index (χ2v) is 7.68. The standard InChI is InChI=1S/C17H24N2OS2/c1-12-6-8-19(9-7-12)17(21)22-11-16(20)18-15-5-4-13(2)14(3)10-15/h4-5,10,12H,6-9,11H2,1-3H3,(H,18,20). The van der Waals surface area contributed by atoms with Crippen molar-refractivity contribution in [3.63, 3.8) is 0 Å². The van der Waals surface area contributed by atoms with Crippen molar-refractivity contribution in [3.05, 3.63) is 29.3 Å². The minimum Gasteiger partial charge on any atom is -0.357 e. The lowest BCUT2D eigenvalue weighted by molar-refractivity contribution is -0.113. The molecule has 0 spiro atoms. The molecular weight excluding hydrogens is 312 g/mol. The Balaban J connectivity index is 1.77. The fourth-order valence-corrected chi connectivity index (χ4v) is 3.48. The maximum Gasteiger partial charge on any atom is 0.234 e. The molecule has 1 saturated heterocycles. The third-order valence-corrected chi connectivity index (χ3v) is 5.68. The van der Waals surface area contributed by atoms with Gasteiger partial charge in [-0.15, -0.1) is 0 Å². The van der Waals surface area contributed by atoms with Crippen LogP contribution in [0.3, 0.4) is 0 Å². The molecular formula is C17H24N2OS2. The maximum atomic E-state index is 12.0. The van der Waals surface area contributed by atoms with Gasteiger partial charge < -0.3 is 10.2 Å². The number of thioether (sulfide) groups is 1. The molecule has 0 atom stereocenters. The van der Waals surface area contributed by atoms with E-state index in [2.05, 4.69) is 24.1 Å². The highest BCUT2D eigenvalue weighted by Crippen LogP contribution is 2.20. The number of carbonyl (C=O) groups is 1. The number of rotatable bonds is 3. The molecule has 1 aliphatic heterocycles. The van der Waals surface area contributed by atoms with E-state index in [1.807, 2.05) is 25.1 Å². The van der Waals surface area contributed by atoms with Crippen LogP contribution in [0.4, 0.5) is 5.69 Å². The van der Waals surface area contributed by atoms with Crippen LogP contribution in [0, 0.1) is 19.8 Å². The van der Waals surface area contributed by atoms with Crippen molar-refractivity contribution in [1.29, 1.82) is 0 Å². The minimum atomic E-state index is 0.000908. The predicted molar refractivity (Wildman–Crippen MR) is 99.6 cm³/mol. The summed E-state index contributed by atoms with van der Waals surface area (Å²) >= 11 is 6.91. The van der Waals surface area contributed by atoms with E-state index in [1.54, 1.807) is 0 Å². The number of likely N-dealkylation sites (tertiary alicyclic amines) is 1.